The van der Waals surface area contributed by atoms with E-state index < -0.39 is 27.1 Å². The zero-order chi connectivity index (χ0) is 16.4. The molecule has 0 aliphatic heterocycles. The minimum Gasteiger partial charge on any atom is -0.243 e. The Morgan fingerprint density at radius 2 is 1.64 bits per heavy atom. The molecule has 1 atom stereocenters. The van der Waals surface area contributed by atoms with Gasteiger partial charge in [-0.2, -0.15) is 17.9 Å². The van der Waals surface area contributed by atoms with Crippen molar-refractivity contribution >= 4 is 10.0 Å². The number of hydrogen-bond donors (Lipinski definition) is 1. The summed E-state index contributed by atoms with van der Waals surface area (Å²) < 4.78 is 65.3. The van der Waals surface area contributed by atoms with Crippen LogP contribution in [0.5, 0.6) is 0 Å². The number of benzene rings is 1. The molecule has 0 aliphatic rings. The molecule has 1 heterocycles. The molecule has 0 aliphatic carbocycles. The molecule has 0 bridgehead atoms. The zero-order valence-electron chi connectivity index (χ0n) is 11.4. The summed E-state index contributed by atoms with van der Waals surface area (Å²) in [4.78, 5) is 6.55. The van der Waals surface area contributed by atoms with Crippen LogP contribution in [0.15, 0.2) is 47.9 Å². The number of aryl methyl sites for hydroxylation is 1. The largest absolute Gasteiger partial charge is 0.408 e. The van der Waals surface area contributed by atoms with Crippen LogP contribution in [0.4, 0.5) is 13.2 Å². The fourth-order valence-corrected chi connectivity index (χ4v) is 2.85. The predicted octanol–water partition coefficient (Wildman–Crippen LogP) is 2.37. The van der Waals surface area contributed by atoms with Crippen LogP contribution in [0.25, 0.3) is 0 Å². The van der Waals surface area contributed by atoms with Gasteiger partial charge in [-0.25, -0.2) is 18.4 Å². The Kier molecular flexibility index (Phi) is 4.47. The maximum Gasteiger partial charge on any atom is 0.408 e. The Balaban J connectivity index is 2.38. The van der Waals surface area contributed by atoms with Gasteiger partial charge in [0.15, 0.2) is 0 Å². The monoisotopic (exact) mass is 331 g/mol. The number of aromatic nitrogens is 2. The van der Waals surface area contributed by atoms with Crippen molar-refractivity contribution in [3.8, 4) is 0 Å². The molecule has 0 saturated heterocycles. The molecule has 1 N–H and O–H groups in total. The summed E-state index contributed by atoms with van der Waals surface area (Å²) in [7, 11) is -4.40. The third kappa shape index (κ3) is 3.80. The molecule has 9 heteroatoms. The van der Waals surface area contributed by atoms with Crippen LogP contribution in [-0.4, -0.2) is 24.6 Å². The second-order valence-corrected chi connectivity index (χ2v) is 6.29. The molecule has 22 heavy (non-hydrogen) atoms. The second-order valence-electron chi connectivity index (χ2n) is 4.58. The SMILES string of the molecule is Cc1ccc(C(NS(=O)(=O)c2cncnc2)C(F)(F)F)cc1. The lowest BCUT2D eigenvalue weighted by molar-refractivity contribution is -0.153. The van der Waals surface area contributed by atoms with Gasteiger partial charge in [0.25, 0.3) is 0 Å². The van der Waals surface area contributed by atoms with Crippen LogP contribution in [0, 0.1) is 6.92 Å². The molecule has 0 saturated carbocycles. The number of rotatable bonds is 4. The average molecular weight is 331 g/mol. The Bertz CT molecular complexity index is 731. The number of nitrogens with one attached hydrogen (secondary N) is 1. The first-order valence-electron chi connectivity index (χ1n) is 6.11. The molecular weight excluding hydrogens is 319 g/mol. The molecule has 1 aromatic heterocycles. The van der Waals surface area contributed by atoms with Crippen molar-refractivity contribution in [2.45, 2.75) is 24.0 Å². The predicted molar refractivity (Wildman–Crippen MR) is 72.3 cm³/mol. The lowest BCUT2D eigenvalue weighted by Crippen LogP contribution is -2.38. The molecule has 5 nitrogen and oxygen atoms in total. The van der Waals surface area contributed by atoms with E-state index >= 15 is 0 Å². The molecule has 0 amide bonds. The van der Waals surface area contributed by atoms with E-state index in [2.05, 4.69) is 9.97 Å². The third-order valence-electron chi connectivity index (χ3n) is 2.86. The van der Waals surface area contributed by atoms with E-state index in [1.165, 1.54) is 24.3 Å². The van der Waals surface area contributed by atoms with Crippen LogP contribution in [0.1, 0.15) is 17.2 Å². The highest BCUT2D eigenvalue weighted by atomic mass is 32.2. The van der Waals surface area contributed by atoms with Crippen molar-refractivity contribution in [1.29, 1.82) is 0 Å². The molecule has 0 fully saturated rings. The fourth-order valence-electron chi connectivity index (χ4n) is 1.73. The number of halogens is 3. The number of nitrogens with zero attached hydrogens (tertiary/aromatic N) is 2. The lowest BCUT2D eigenvalue weighted by atomic mass is 10.1. The Morgan fingerprint density at radius 1 is 1.09 bits per heavy atom. The highest BCUT2D eigenvalue weighted by molar-refractivity contribution is 7.89. The van der Waals surface area contributed by atoms with E-state index in [1.54, 1.807) is 11.6 Å². The van der Waals surface area contributed by atoms with E-state index in [0.717, 1.165) is 24.3 Å². The highest BCUT2D eigenvalue weighted by Crippen LogP contribution is 2.34. The van der Waals surface area contributed by atoms with Gasteiger partial charge in [0.1, 0.15) is 17.3 Å². The first-order valence-corrected chi connectivity index (χ1v) is 7.59. The molecule has 118 valence electrons. The Labute approximate surface area is 125 Å². The molecule has 0 spiro atoms. The van der Waals surface area contributed by atoms with Gasteiger partial charge in [-0.3, -0.25) is 0 Å². The van der Waals surface area contributed by atoms with E-state index in [0.29, 0.717) is 0 Å². The van der Waals surface area contributed by atoms with Crippen LogP contribution >= 0.6 is 0 Å². The first kappa shape index (κ1) is 16.4. The smallest absolute Gasteiger partial charge is 0.243 e. The summed E-state index contributed by atoms with van der Waals surface area (Å²) >= 11 is 0. The minimum atomic E-state index is -4.78. The van der Waals surface area contributed by atoms with Gasteiger partial charge >= 0.3 is 6.18 Å². The van der Waals surface area contributed by atoms with Crippen molar-refractivity contribution in [1.82, 2.24) is 14.7 Å². The minimum absolute atomic E-state index is 0.196. The maximum absolute atomic E-state index is 13.2. The summed E-state index contributed by atoms with van der Waals surface area (Å²) in [6.07, 6.45) is -1.84. The van der Waals surface area contributed by atoms with E-state index in [9.17, 15) is 21.6 Å². The lowest BCUT2D eigenvalue weighted by Gasteiger charge is -2.22. The molecule has 1 unspecified atom stereocenters. The standard InChI is InChI=1S/C13H12F3N3O2S/c1-9-2-4-10(5-3-9)12(13(14,15)16)19-22(20,21)11-6-17-8-18-7-11/h2-8,12,19H,1H3. The van der Waals surface area contributed by atoms with Crippen molar-refractivity contribution in [2.75, 3.05) is 0 Å². The quantitative estimate of drug-likeness (QED) is 0.933. The second kappa shape index (κ2) is 6.01. The normalized spacial score (nSPS) is 13.8. The summed E-state index contributed by atoms with van der Waals surface area (Å²) in [5.41, 5.74) is 0.572. The molecule has 2 rings (SSSR count). The average Bonchev–Trinajstić information content (AvgIpc) is 2.46. The van der Waals surface area contributed by atoms with Crippen molar-refractivity contribution in [3.05, 3.63) is 54.1 Å². The molecular formula is C13H12F3N3O2S. The summed E-state index contributed by atoms with van der Waals surface area (Å²) in [6, 6.07) is 3.08. The van der Waals surface area contributed by atoms with Gasteiger partial charge in [0.2, 0.25) is 10.0 Å². The Hall–Kier alpha value is -2.00. The van der Waals surface area contributed by atoms with Crippen molar-refractivity contribution in [3.63, 3.8) is 0 Å². The summed E-state index contributed by atoms with van der Waals surface area (Å²) in [5, 5.41) is 0. The zero-order valence-corrected chi connectivity index (χ0v) is 12.2. The molecule has 1 aromatic carbocycles. The van der Waals surface area contributed by atoms with E-state index in [-0.39, 0.29) is 5.56 Å². The van der Waals surface area contributed by atoms with E-state index in [1.807, 2.05) is 0 Å². The first-order chi connectivity index (χ1) is 10.2. The fraction of sp³-hybridized carbons (Fsp3) is 0.231. The van der Waals surface area contributed by atoms with E-state index in [4.69, 9.17) is 0 Å². The van der Waals surface area contributed by atoms with Gasteiger partial charge in [0, 0.05) is 0 Å². The number of sulfonamides is 1. The highest BCUT2D eigenvalue weighted by Gasteiger charge is 2.43. The van der Waals surface area contributed by atoms with Crippen LogP contribution in [-0.2, 0) is 10.0 Å². The number of hydrogen-bond acceptors (Lipinski definition) is 4. The van der Waals surface area contributed by atoms with Gasteiger partial charge in [-0.15, -0.1) is 0 Å². The Morgan fingerprint density at radius 3 is 2.14 bits per heavy atom. The maximum atomic E-state index is 13.2. The topological polar surface area (TPSA) is 72.0 Å². The third-order valence-corrected chi connectivity index (χ3v) is 4.24. The van der Waals surface area contributed by atoms with Crippen molar-refractivity contribution < 1.29 is 21.6 Å². The van der Waals surface area contributed by atoms with Crippen molar-refractivity contribution in [2.24, 2.45) is 0 Å². The summed E-state index contributed by atoms with van der Waals surface area (Å²) in [5.74, 6) is 0. The van der Waals surface area contributed by atoms with Crippen LogP contribution < -0.4 is 4.72 Å². The van der Waals surface area contributed by atoms with Gasteiger partial charge in [-0.05, 0) is 12.5 Å². The van der Waals surface area contributed by atoms with Gasteiger partial charge < -0.3 is 0 Å². The van der Waals surface area contributed by atoms with Crippen LogP contribution in [0.3, 0.4) is 0 Å². The van der Waals surface area contributed by atoms with Gasteiger partial charge in [-0.1, -0.05) is 29.8 Å². The molecule has 2 aromatic rings. The number of alkyl halides is 3. The van der Waals surface area contributed by atoms with Crippen LogP contribution in [0.2, 0.25) is 0 Å². The van der Waals surface area contributed by atoms with Gasteiger partial charge in [0.05, 0.1) is 12.4 Å². The molecule has 0 radical (unpaired) electrons. The summed E-state index contributed by atoms with van der Waals surface area (Å²) in [6.45, 7) is 1.72.